The highest BCUT2D eigenvalue weighted by Crippen LogP contribution is 2.30. The molecule has 0 aliphatic carbocycles. The topological polar surface area (TPSA) is 73.8 Å². The molecule has 29 heavy (non-hydrogen) atoms. The van der Waals surface area contributed by atoms with Gasteiger partial charge in [-0.3, -0.25) is 4.99 Å². The van der Waals surface area contributed by atoms with Gasteiger partial charge in [-0.05, 0) is 30.4 Å². The first-order valence-electron chi connectivity index (χ1n) is 9.32. The lowest BCUT2D eigenvalue weighted by molar-refractivity contribution is 0.241. The Hall–Kier alpha value is -1.52. The van der Waals surface area contributed by atoms with E-state index in [-0.39, 0.29) is 23.8 Å². The molecule has 2 aliphatic heterocycles. The molecule has 3 heterocycles. The number of sulfonamides is 1. The van der Waals surface area contributed by atoms with E-state index in [1.807, 2.05) is 6.07 Å². The van der Waals surface area contributed by atoms with E-state index < -0.39 is 10.0 Å². The minimum atomic E-state index is -3.44. The van der Waals surface area contributed by atoms with Gasteiger partial charge in [0.05, 0.1) is 12.1 Å². The van der Waals surface area contributed by atoms with E-state index in [1.54, 1.807) is 34.0 Å². The molecule has 1 fully saturated rings. The van der Waals surface area contributed by atoms with Gasteiger partial charge in [0.1, 0.15) is 15.9 Å². The third kappa shape index (κ3) is 4.49. The summed E-state index contributed by atoms with van der Waals surface area (Å²) in [5, 5.41) is 8.61. The number of nitrogens with one attached hydrogen (secondary N) is 2. The van der Waals surface area contributed by atoms with Crippen LogP contribution in [0.25, 0.3) is 0 Å². The second-order valence-electron chi connectivity index (χ2n) is 7.02. The number of piperidine rings is 1. The smallest absolute Gasteiger partial charge is 0.252 e. The third-order valence-corrected chi connectivity index (χ3v) is 8.64. The molecule has 10 heteroatoms. The van der Waals surface area contributed by atoms with Crippen LogP contribution >= 0.6 is 23.7 Å². The molecule has 0 amide bonds. The summed E-state index contributed by atoms with van der Waals surface area (Å²) in [6.07, 6.45) is 1.25. The van der Waals surface area contributed by atoms with Crippen LogP contribution < -0.4 is 10.6 Å². The molecule has 1 saturated heterocycles. The van der Waals surface area contributed by atoms with E-state index in [2.05, 4.69) is 15.6 Å². The van der Waals surface area contributed by atoms with Crippen molar-refractivity contribution < 1.29 is 12.8 Å². The van der Waals surface area contributed by atoms with Crippen molar-refractivity contribution in [2.45, 2.75) is 29.1 Å². The molecule has 0 bridgehead atoms. The Labute approximate surface area is 180 Å². The van der Waals surface area contributed by atoms with E-state index in [9.17, 15) is 12.8 Å². The number of benzene rings is 1. The second-order valence-corrected chi connectivity index (χ2v) is 10.1. The summed E-state index contributed by atoms with van der Waals surface area (Å²) in [6, 6.07) is 10.1. The van der Waals surface area contributed by atoms with Gasteiger partial charge in [-0.15, -0.1) is 23.7 Å². The summed E-state index contributed by atoms with van der Waals surface area (Å²) in [4.78, 5) is 4.64. The Bertz CT molecular complexity index is 958. The normalized spacial score (nSPS) is 19.4. The van der Waals surface area contributed by atoms with Crippen LogP contribution in [0.5, 0.6) is 0 Å². The van der Waals surface area contributed by atoms with Crippen LogP contribution in [0.15, 0.2) is 51.0 Å². The molecule has 4 rings (SSSR count). The van der Waals surface area contributed by atoms with Crippen molar-refractivity contribution in [1.82, 2.24) is 14.9 Å². The average Bonchev–Trinajstić information content (AvgIpc) is 3.25. The number of thiophene rings is 1. The molecule has 1 aromatic heterocycles. The van der Waals surface area contributed by atoms with E-state index in [0.717, 1.165) is 12.4 Å². The Morgan fingerprint density at radius 1 is 1.21 bits per heavy atom. The van der Waals surface area contributed by atoms with Crippen LogP contribution in [0.2, 0.25) is 0 Å². The zero-order chi connectivity index (χ0) is 19.6. The minimum absolute atomic E-state index is 0. The van der Waals surface area contributed by atoms with Gasteiger partial charge >= 0.3 is 0 Å². The first-order valence-corrected chi connectivity index (χ1v) is 11.6. The molecule has 1 spiro atoms. The largest absolute Gasteiger partial charge is 0.368 e. The highest BCUT2D eigenvalue weighted by Gasteiger charge is 2.43. The van der Waals surface area contributed by atoms with Gasteiger partial charge < -0.3 is 10.6 Å². The van der Waals surface area contributed by atoms with Crippen molar-refractivity contribution in [3.63, 3.8) is 0 Å². The summed E-state index contributed by atoms with van der Waals surface area (Å²) < 4.78 is 41.4. The summed E-state index contributed by atoms with van der Waals surface area (Å²) in [7, 11) is -3.44. The first kappa shape index (κ1) is 22.2. The standard InChI is InChI=1S/C19H23FN4O2S2.ClH/c20-16-5-2-1-4-15(16)14-22-18-19(23-10-9-21-18)7-11-24(12-8-19)28(25,26)17-6-3-13-27-17;/h1-6,13,23H,7-12,14H2,(H,21,22);1H. The van der Waals surface area contributed by atoms with Crippen molar-refractivity contribution in [1.29, 1.82) is 0 Å². The fourth-order valence-electron chi connectivity index (χ4n) is 3.80. The summed E-state index contributed by atoms with van der Waals surface area (Å²) in [6.45, 7) is 2.61. The van der Waals surface area contributed by atoms with E-state index in [4.69, 9.17) is 0 Å². The van der Waals surface area contributed by atoms with Gasteiger partial charge in [0.25, 0.3) is 10.0 Å². The molecule has 0 radical (unpaired) electrons. The number of hydrogen-bond donors (Lipinski definition) is 2. The summed E-state index contributed by atoms with van der Waals surface area (Å²) in [5.41, 5.74) is 0.203. The van der Waals surface area contributed by atoms with Gasteiger partial charge in [-0.2, -0.15) is 4.31 Å². The molecule has 0 saturated carbocycles. The zero-order valence-corrected chi connectivity index (χ0v) is 18.3. The molecule has 6 nitrogen and oxygen atoms in total. The Balaban J connectivity index is 0.00000240. The molecular formula is C19H24ClFN4O2S2. The molecular weight excluding hydrogens is 435 g/mol. The lowest BCUT2D eigenvalue weighted by atomic mass is 9.85. The van der Waals surface area contributed by atoms with Crippen LogP contribution in [0.3, 0.4) is 0 Å². The van der Waals surface area contributed by atoms with Crippen molar-refractivity contribution in [2.75, 3.05) is 26.2 Å². The molecule has 0 atom stereocenters. The SMILES string of the molecule is Cl.O=S(=O)(c1cccs1)N1CCC2(CC1)NCCN=C2NCc1ccccc1F. The fraction of sp³-hybridized carbons (Fsp3) is 0.421. The molecule has 2 aliphatic rings. The molecule has 1 aromatic carbocycles. The molecule has 2 N–H and O–H groups in total. The quantitative estimate of drug-likeness (QED) is 0.738. The van der Waals surface area contributed by atoms with E-state index in [0.29, 0.717) is 48.8 Å². The van der Waals surface area contributed by atoms with Gasteiger partial charge in [0.15, 0.2) is 0 Å². The van der Waals surface area contributed by atoms with Crippen LogP contribution in [0.1, 0.15) is 18.4 Å². The molecule has 2 aromatic rings. The second kappa shape index (κ2) is 9.09. The zero-order valence-electron chi connectivity index (χ0n) is 15.8. The van der Waals surface area contributed by atoms with Gasteiger partial charge in [0.2, 0.25) is 0 Å². The molecule has 0 unspecified atom stereocenters. The number of rotatable bonds is 4. The maximum absolute atomic E-state index is 13.9. The average molecular weight is 459 g/mol. The Kier molecular flexibility index (Phi) is 6.95. The monoisotopic (exact) mass is 458 g/mol. The predicted octanol–water partition coefficient (Wildman–Crippen LogP) is 2.62. The maximum Gasteiger partial charge on any atom is 0.252 e. The van der Waals surface area contributed by atoms with Crippen LogP contribution in [-0.4, -0.2) is 50.3 Å². The van der Waals surface area contributed by atoms with Gasteiger partial charge in [0, 0.05) is 31.7 Å². The van der Waals surface area contributed by atoms with Crippen molar-refractivity contribution in [2.24, 2.45) is 4.99 Å². The fourth-order valence-corrected chi connectivity index (χ4v) is 6.39. The third-order valence-electron chi connectivity index (χ3n) is 5.37. The van der Waals surface area contributed by atoms with Gasteiger partial charge in [-0.1, -0.05) is 24.3 Å². The lowest BCUT2D eigenvalue weighted by Crippen LogP contribution is -2.64. The maximum atomic E-state index is 13.9. The van der Waals surface area contributed by atoms with Crippen LogP contribution in [0.4, 0.5) is 4.39 Å². The number of amidine groups is 1. The van der Waals surface area contributed by atoms with Crippen molar-refractivity contribution in [3.8, 4) is 0 Å². The summed E-state index contributed by atoms with van der Waals surface area (Å²) in [5.74, 6) is 0.556. The van der Waals surface area contributed by atoms with E-state index in [1.165, 1.54) is 17.4 Å². The van der Waals surface area contributed by atoms with Gasteiger partial charge in [-0.25, -0.2) is 12.8 Å². The van der Waals surface area contributed by atoms with Crippen molar-refractivity contribution >= 4 is 39.6 Å². The lowest BCUT2D eigenvalue weighted by Gasteiger charge is -2.44. The van der Waals surface area contributed by atoms with Crippen LogP contribution in [0, 0.1) is 5.82 Å². The highest BCUT2D eigenvalue weighted by atomic mass is 35.5. The number of aliphatic imine (C=N–C) groups is 1. The number of nitrogens with zero attached hydrogens (tertiary/aromatic N) is 2. The predicted molar refractivity (Wildman–Crippen MR) is 116 cm³/mol. The highest BCUT2D eigenvalue weighted by molar-refractivity contribution is 7.91. The van der Waals surface area contributed by atoms with Crippen LogP contribution in [-0.2, 0) is 16.6 Å². The first-order chi connectivity index (χ1) is 13.5. The van der Waals surface area contributed by atoms with E-state index >= 15 is 0 Å². The number of halogens is 2. The summed E-state index contributed by atoms with van der Waals surface area (Å²) >= 11 is 1.24. The Morgan fingerprint density at radius 3 is 2.66 bits per heavy atom. The Morgan fingerprint density at radius 2 is 1.97 bits per heavy atom. The van der Waals surface area contributed by atoms with Crippen molar-refractivity contribution in [3.05, 3.63) is 53.2 Å². The molecule has 158 valence electrons. The minimum Gasteiger partial charge on any atom is -0.368 e. The number of hydrogen-bond acceptors (Lipinski definition) is 6.